The van der Waals surface area contributed by atoms with Gasteiger partial charge in [0.15, 0.2) is 0 Å². The predicted octanol–water partition coefficient (Wildman–Crippen LogP) is 6.77. The predicted molar refractivity (Wildman–Crippen MR) is 179 cm³/mol. The summed E-state index contributed by atoms with van der Waals surface area (Å²) in [5.41, 5.74) is 2.93. The van der Waals surface area contributed by atoms with Crippen molar-refractivity contribution in [1.29, 1.82) is 0 Å². The molecule has 4 aromatic rings. The molecular weight excluding hydrogens is 662 g/mol. The number of anilines is 1. The number of amides is 2. The highest BCUT2D eigenvalue weighted by molar-refractivity contribution is 9.10. The van der Waals surface area contributed by atoms with Gasteiger partial charge in [0.2, 0.25) is 11.8 Å². The van der Waals surface area contributed by atoms with Crippen LogP contribution in [0.1, 0.15) is 30.5 Å². The summed E-state index contributed by atoms with van der Waals surface area (Å²) in [4.78, 5) is 29.6. The summed E-state index contributed by atoms with van der Waals surface area (Å²) in [5, 5.41) is 3.35. The van der Waals surface area contributed by atoms with Crippen LogP contribution in [0.3, 0.4) is 0 Å². The van der Waals surface area contributed by atoms with Crippen molar-refractivity contribution < 1.29 is 18.0 Å². The van der Waals surface area contributed by atoms with Gasteiger partial charge in [0, 0.05) is 28.5 Å². The minimum absolute atomic E-state index is 0.00637. The van der Waals surface area contributed by atoms with Crippen molar-refractivity contribution >= 4 is 55.1 Å². The molecule has 0 aromatic heterocycles. The smallest absolute Gasteiger partial charge is 0.264 e. The van der Waals surface area contributed by atoms with Gasteiger partial charge in [-0.1, -0.05) is 87.7 Å². The van der Waals surface area contributed by atoms with Crippen molar-refractivity contribution in [1.82, 2.24) is 10.2 Å². The number of benzene rings is 4. The zero-order chi connectivity index (χ0) is 31.9. The van der Waals surface area contributed by atoms with Crippen molar-refractivity contribution in [3.05, 3.63) is 129 Å². The van der Waals surface area contributed by atoms with Crippen LogP contribution in [0.15, 0.2) is 112 Å². The van der Waals surface area contributed by atoms with Gasteiger partial charge in [-0.25, -0.2) is 8.42 Å². The minimum atomic E-state index is -4.19. The number of hydrogen-bond acceptors (Lipinski definition) is 4. The van der Waals surface area contributed by atoms with Crippen molar-refractivity contribution in [2.45, 2.75) is 50.7 Å². The molecule has 4 aromatic carbocycles. The second-order valence-corrected chi connectivity index (χ2v) is 14.0. The Bertz CT molecular complexity index is 1660. The monoisotopic (exact) mass is 695 g/mol. The van der Waals surface area contributed by atoms with Crippen LogP contribution in [-0.2, 0) is 32.6 Å². The van der Waals surface area contributed by atoms with E-state index in [4.69, 9.17) is 11.6 Å². The highest BCUT2D eigenvalue weighted by Gasteiger charge is 2.34. The Balaban J connectivity index is 1.79. The second kappa shape index (κ2) is 14.9. The zero-order valence-electron chi connectivity index (χ0n) is 24.8. The molecule has 7 nitrogen and oxygen atoms in total. The fourth-order valence-electron chi connectivity index (χ4n) is 4.69. The van der Waals surface area contributed by atoms with E-state index in [-0.39, 0.29) is 29.8 Å². The molecule has 0 aliphatic heterocycles. The Labute approximate surface area is 273 Å². The Kier molecular flexibility index (Phi) is 11.2. The Hall–Kier alpha value is -3.66. The normalized spacial score (nSPS) is 12.0. The van der Waals surface area contributed by atoms with E-state index >= 15 is 0 Å². The van der Waals surface area contributed by atoms with Crippen LogP contribution in [0.2, 0.25) is 5.02 Å². The third kappa shape index (κ3) is 8.71. The number of rotatable bonds is 12. The van der Waals surface area contributed by atoms with Crippen LogP contribution >= 0.6 is 27.5 Å². The fraction of sp³-hybridized carbons (Fsp3) is 0.235. The molecule has 0 aliphatic carbocycles. The first-order valence-electron chi connectivity index (χ1n) is 14.2. The van der Waals surface area contributed by atoms with Crippen LogP contribution in [0.5, 0.6) is 0 Å². The number of carbonyl (C=O) groups excluding carboxylic acids is 2. The summed E-state index contributed by atoms with van der Waals surface area (Å²) in [7, 11) is -4.19. The molecule has 0 radical (unpaired) electrons. The summed E-state index contributed by atoms with van der Waals surface area (Å²) in [5.74, 6) is -0.845. The third-order valence-corrected chi connectivity index (χ3v) is 9.54. The SMILES string of the molecule is Cc1ccc(N(CC(=O)N(Cc2ccc(Br)cc2)[C@H](Cc2ccccc2)C(=O)NC(C)C)S(=O)(=O)c2ccc(Cl)cc2)cc1. The number of hydrogen-bond donors (Lipinski definition) is 1. The number of aryl methyl sites for hydroxylation is 1. The van der Waals surface area contributed by atoms with E-state index in [9.17, 15) is 18.0 Å². The average molecular weight is 697 g/mol. The van der Waals surface area contributed by atoms with Crippen LogP contribution in [0.25, 0.3) is 0 Å². The lowest BCUT2D eigenvalue weighted by Crippen LogP contribution is -2.54. The first kappa shape index (κ1) is 33.2. The average Bonchev–Trinajstić information content (AvgIpc) is 2.99. The summed E-state index contributed by atoms with van der Waals surface area (Å²) in [6.07, 6.45) is 0.246. The van der Waals surface area contributed by atoms with Gasteiger partial charge in [-0.3, -0.25) is 13.9 Å². The molecule has 1 atom stereocenters. The van der Waals surface area contributed by atoms with Crippen molar-refractivity contribution in [2.75, 3.05) is 10.8 Å². The molecule has 4 rings (SSSR count). The van der Waals surface area contributed by atoms with Gasteiger partial charge >= 0.3 is 0 Å². The molecule has 0 saturated heterocycles. The molecule has 0 heterocycles. The lowest BCUT2D eigenvalue weighted by molar-refractivity contribution is -0.140. The van der Waals surface area contributed by atoms with Crippen LogP contribution in [0.4, 0.5) is 5.69 Å². The number of nitrogens with one attached hydrogen (secondary N) is 1. The van der Waals surface area contributed by atoms with Gasteiger partial charge in [0.25, 0.3) is 10.0 Å². The van der Waals surface area contributed by atoms with Gasteiger partial charge in [-0.15, -0.1) is 0 Å². The number of carbonyl (C=O) groups is 2. The number of sulfonamides is 1. The molecule has 0 unspecified atom stereocenters. The van der Waals surface area contributed by atoms with Gasteiger partial charge in [0.05, 0.1) is 10.6 Å². The van der Waals surface area contributed by atoms with Gasteiger partial charge in [0.1, 0.15) is 12.6 Å². The standard InChI is InChI=1S/C34H35BrClN3O4S/c1-24(2)37-34(41)32(21-26-7-5-4-6-8-26)38(22-27-11-13-28(35)14-12-27)33(40)23-39(30-17-9-25(3)10-18-30)44(42,43)31-19-15-29(36)16-20-31/h4-20,24,32H,21-23H2,1-3H3,(H,37,41)/t32-/m1/s1. The zero-order valence-corrected chi connectivity index (χ0v) is 27.9. The fourth-order valence-corrected chi connectivity index (χ4v) is 6.50. The van der Waals surface area contributed by atoms with Gasteiger partial charge in [-0.05, 0) is 80.4 Å². The molecule has 0 bridgehead atoms. The highest BCUT2D eigenvalue weighted by atomic mass is 79.9. The molecule has 1 N–H and O–H groups in total. The largest absolute Gasteiger partial charge is 0.352 e. The van der Waals surface area contributed by atoms with E-state index in [2.05, 4.69) is 21.2 Å². The van der Waals surface area contributed by atoms with E-state index < -0.39 is 28.5 Å². The number of nitrogens with zero attached hydrogens (tertiary/aromatic N) is 2. The van der Waals surface area contributed by atoms with E-state index in [1.54, 1.807) is 24.3 Å². The summed E-state index contributed by atoms with van der Waals surface area (Å²) in [6.45, 7) is 5.18. The highest BCUT2D eigenvalue weighted by Crippen LogP contribution is 2.26. The maximum Gasteiger partial charge on any atom is 0.264 e. The van der Waals surface area contributed by atoms with Gasteiger partial charge in [-0.2, -0.15) is 0 Å². The first-order chi connectivity index (χ1) is 20.9. The van der Waals surface area contributed by atoms with E-state index in [1.807, 2.05) is 75.4 Å². The van der Waals surface area contributed by atoms with Crippen molar-refractivity contribution in [3.63, 3.8) is 0 Å². The molecule has 230 valence electrons. The maximum atomic E-state index is 14.4. The molecule has 0 saturated carbocycles. The topological polar surface area (TPSA) is 86.8 Å². The van der Waals surface area contributed by atoms with Crippen LogP contribution in [-0.4, -0.2) is 43.8 Å². The molecule has 0 spiro atoms. The number of halogens is 2. The maximum absolute atomic E-state index is 14.4. The summed E-state index contributed by atoms with van der Waals surface area (Å²) < 4.78 is 30.1. The molecular formula is C34H35BrClN3O4S. The third-order valence-electron chi connectivity index (χ3n) is 6.97. The Morgan fingerprint density at radius 1 is 0.841 bits per heavy atom. The van der Waals surface area contributed by atoms with E-state index in [0.717, 1.165) is 25.5 Å². The lowest BCUT2D eigenvalue weighted by atomic mass is 10.0. The summed E-state index contributed by atoms with van der Waals surface area (Å²) in [6, 6.07) is 28.6. The Morgan fingerprint density at radius 2 is 1.45 bits per heavy atom. The molecule has 10 heteroatoms. The quantitative estimate of drug-likeness (QED) is 0.177. The van der Waals surface area contributed by atoms with Gasteiger partial charge < -0.3 is 10.2 Å². The summed E-state index contributed by atoms with van der Waals surface area (Å²) >= 11 is 9.50. The van der Waals surface area contributed by atoms with Crippen LogP contribution < -0.4 is 9.62 Å². The lowest BCUT2D eigenvalue weighted by Gasteiger charge is -2.34. The second-order valence-electron chi connectivity index (χ2n) is 10.8. The minimum Gasteiger partial charge on any atom is -0.352 e. The molecule has 44 heavy (non-hydrogen) atoms. The molecule has 2 amide bonds. The Morgan fingerprint density at radius 3 is 2.05 bits per heavy atom. The molecule has 0 fully saturated rings. The van der Waals surface area contributed by atoms with Crippen LogP contribution in [0, 0.1) is 6.92 Å². The molecule has 0 aliphatic rings. The van der Waals surface area contributed by atoms with Crippen molar-refractivity contribution in [2.24, 2.45) is 0 Å². The van der Waals surface area contributed by atoms with E-state index in [1.165, 1.54) is 29.2 Å². The van der Waals surface area contributed by atoms with E-state index in [0.29, 0.717) is 10.7 Å². The first-order valence-corrected chi connectivity index (χ1v) is 16.8. The van der Waals surface area contributed by atoms with Crippen molar-refractivity contribution in [3.8, 4) is 0 Å².